The molecule has 0 aromatic heterocycles. The topological polar surface area (TPSA) is 275 Å². The summed E-state index contributed by atoms with van der Waals surface area (Å²) >= 11 is 0. The van der Waals surface area contributed by atoms with Crippen molar-refractivity contribution in [1.82, 2.24) is 0 Å². The van der Waals surface area contributed by atoms with E-state index in [1.165, 1.54) is 12.5 Å². The van der Waals surface area contributed by atoms with Gasteiger partial charge in [0.2, 0.25) is 0 Å². The molecule has 0 aromatic carbocycles. The van der Waals surface area contributed by atoms with Gasteiger partial charge in [-0.05, 0) is 111 Å². The van der Waals surface area contributed by atoms with E-state index in [0.717, 1.165) is 44.9 Å². The van der Waals surface area contributed by atoms with E-state index in [0.29, 0.717) is 19.3 Å². The van der Waals surface area contributed by atoms with Gasteiger partial charge >= 0.3 is 5.97 Å². The molecule has 17 heteroatoms. The quantitative estimate of drug-likeness (QED) is 0.116. The van der Waals surface area contributed by atoms with Crippen molar-refractivity contribution in [2.75, 3.05) is 19.8 Å². The van der Waals surface area contributed by atoms with Crippen LogP contribution in [0.3, 0.4) is 0 Å². The Hall–Kier alpha value is -1.39. The molecule has 64 heavy (non-hydrogen) atoms. The van der Waals surface area contributed by atoms with Crippen LogP contribution in [0.15, 0.2) is 11.6 Å². The molecule has 0 spiro atoms. The maximum atomic E-state index is 13.1. The lowest BCUT2D eigenvalue weighted by molar-refractivity contribution is -0.381. The van der Waals surface area contributed by atoms with Crippen LogP contribution in [0, 0.1) is 50.2 Å². The number of carbonyl (C=O) groups is 1. The number of carboxylic acid groups (broad SMARTS) is 1. The van der Waals surface area contributed by atoms with Crippen molar-refractivity contribution in [2.45, 2.75) is 205 Å². The summed E-state index contributed by atoms with van der Waals surface area (Å²) in [6, 6.07) is 0. The monoisotopic (exact) mass is 913 g/mol. The molecule has 17 nitrogen and oxygen atoms in total. The van der Waals surface area contributed by atoms with Gasteiger partial charge in [-0.1, -0.05) is 53.2 Å². The number of ether oxygens (including phenoxy) is 6. The van der Waals surface area contributed by atoms with Gasteiger partial charge in [0.1, 0.15) is 61.0 Å². The Morgan fingerprint density at radius 2 is 1.38 bits per heavy atom. The average Bonchev–Trinajstić information content (AvgIpc) is 3.24. The molecule has 10 N–H and O–H groups in total. The SMILES string of the molecule is C[C@@H]1O[C@@H](O[C@H]2[C@H](O[C@H]3CC[C@@]4(C)[C@@H](CC[C@]5(C)[C@@H]4CC=C4[C@@H]6CC(C)(C)CC[C@]6(C(=O)O)CC[C@]45C)[C@]3(C)CO)OC[C@H](O[C@@H]3O[C@H](CO)[C@@H](O)[C@H](O)[C@H]3O)[C@@H]2O)[C@H](O)[C@H](O)[C@H]1O. The van der Waals surface area contributed by atoms with Gasteiger partial charge in [0.05, 0.1) is 37.4 Å². The fraction of sp³-hybridized carbons (Fsp3) is 0.936. The Morgan fingerprint density at radius 1 is 0.719 bits per heavy atom. The number of fused-ring (bicyclic) bond motifs is 7. The first-order chi connectivity index (χ1) is 29.9. The minimum atomic E-state index is -1.77. The Bertz CT molecular complexity index is 1750. The minimum absolute atomic E-state index is 0.00757. The van der Waals surface area contributed by atoms with E-state index in [1.807, 2.05) is 6.92 Å². The lowest BCUT2D eigenvalue weighted by Crippen LogP contribution is -2.67. The molecule has 3 heterocycles. The lowest BCUT2D eigenvalue weighted by Gasteiger charge is -2.71. The van der Waals surface area contributed by atoms with Gasteiger partial charge < -0.3 is 79.5 Å². The molecule has 7 fully saturated rings. The van der Waals surface area contributed by atoms with Crippen LogP contribution in [0.5, 0.6) is 0 Å². The van der Waals surface area contributed by atoms with Gasteiger partial charge in [0.15, 0.2) is 18.9 Å². The standard InChI is InChI=1S/C47H76O17/c1-22-30(50)33(53)35(55)38(60-22)64-37-32(52)26(62-39-36(56)34(54)31(51)25(19-48)61-39)20-59-40(37)63-29-11-12-43(4)27(44(29,5)21-49)10-13-46(7)28(43)9-8-23-24-18-42(2,3)14-16-47(24,41(57)58)17-15-45(23,46)6/h8,22,24-40,48-56H,9-21H2,1-7H3,(H,57,58)/t22-,24-,25+,26-,27+,28+,29-,30-,31+,32-,33+,34-,35+,36+,37+,38-,39-,40-,43-,44-,45+,46+,47-/m0/s1. The molecule has 3 saturated heterocycles. The predicted molar refractivity (Wildman–Crippen MR) is 225 cm³/mol. The summed E-state index contributed by atoms with van der Waals surface area (Å²) in [6.07, 6.45) is -11.7. The zero-order valence-corrected chi connectivity index (χ0v) is 38.5. The number of aliphatic carboxylic acids is 1. The number of aliphatic hydroxyl groups is 9. The third kappa shape index (κ3) is 7.49. The summed E-state index contributed by atoms with van der Waals surface area (Å²) in [6.45, 7) is 14.0. The van der Waals surface area contributed by atoms with Crippen LogP contribution in [0.2, 0.25) is 0 Å². The molecular weight excluding hydrogens is 837 g/mol. The van der Waals surface area contributed by atoms with E-state index >= 15 is 0 Å². The van der Waals surface area contributed by atoms with E-state index in [4.69, 9.17) is 28.4 Å². The van der Waals surface area contributed by atoms with Gasteiger partial charge in [-0.25, -0.2) is 0 Å². The molecule has 0 aromatic rings. The number of allylic oxidation sites excluding steroid dienone is 2. The fourth-order valence-electron chi connectivity index (χ4n) is 14.8. The lowest BCUT2D eigenvalue weighted by atomic mass is 9.33. The molecule has 3 aliphatic heterocycles. The Labute approximate surface area is 376 Å². The second-order valence-corrected chi connectivity index (χ2v) is 22.9. The summed E-state index contributed by atoms with van der Waals surface area (Å²) < 4.78 is 36.5. The van der Waals surface area contributed by atoms with Crippen molar-refractivity contribution in [2.24, 2.45) is 50.2 Å². The number of carboxylic acids is 1. The highest BCUT2D eigenvalue weighted by molar-refractivity contribution is 5.76. The Morgan fingerprint density at radius 3 is 2.03 bits per heavy atom. The van der Waals surface area contributed by atoms with Crippen molar-refractivity contribution >= 4 is 5.97 Å². The first-order valence-electron chi connectivity index (χ1n) is 23.7. The molecule has 366 valence electrons. The number of hydrogen-bond donors (Lipinski definition) is 10. The third-order valence-electron chi connectivity index (χ3n) is 19.1. The first kappa shape index (κ1) is 49.0. The second kappa shape index (κ2) is 17.2. The predicted octanol–water partition coefficient (Wildman–Crippen LogP) is 1.35. The van der Waals surface area contributed by atoms with E-state index in [9.17, 15) is 55.9 Å². The molecule has 0 amide bonds. The van der Waals surface area contributed by atoms with Crippen molar-refractivity contribution in [3.05, 3.63) is 11.6 Å². The van der Waals surface area contributed by atoms with E-state index in [2.05, 4.69) is 40.7 Å². The second-order valence-electron chi connectivity index (χ2n) is 22.9. The van der Waals surface area contributed by atoms with Crippen LogP contribution in [-0.2, 0) is 33.2 Å². The number of hydrogen-bond acceptors (Lipinski definition) is 16. The van der Waals surface area contributed by atoms with Gasteiger partial charge in [-0.2, -0.15) is 0 Å². The molecule has 5 aliphatic carbocycles. The van der Waals surface area contributed by atoms with Gasteiger partial charge in [-0.3, -0.25) is 4.79 Å². The Balaban J connectivity index is 1.05. The molecule has 8 aliphatic rings. The summed E-state index contributed by atoms with van der Waals surface area (Å²) in [7, 11) is 0. The minimum Gasteiger partial charge on any atom is -0.481 e. The van der Waals surface area contributed by atoms with Crippen LogP contribution < -0.4 is 0 Å². The van der Waals surface area contributed by atoms with Crippen LogP contribution in [0.1, 0.15) is 113 Å². The fourth-order valence-corrected chi connectivity index (χ4v) is 14.8. The van der Waals surface area contributed by atoms with Crippen molar-refractivity contribution in [1.29, 1.82) is 0 Å². The Kier molecular flexibility index (Phi) is 13.2. The summed E-state index contributed by atoms with van der Waals surface area (Å²) in [4.78, 5) is 13.1. The molecule has 23 atom stereocenters. The molecule has 0 radical (unpaired) electrons. The van der Waals surface area contributed by atoms with E-state index in [1.54, 1.807) is 0 Å². The largest absolute Gasteiger partial charge is 0.481 e. The van der Waals surface area contributed by atoms with Crippen molar-refractivity contribution in [3.8, 4) is 0 Å². The van der Waals surface area contributed by atoms with E-state index < -0.39 is 116 Å². The summed E-state index contributed by atoms with van der Waals surface area (Å²) in [5.74, 6) is -0.441. The normalized spacial score (nSPS) is 55.0. The van der Waals surface area contributed by atoms with Crippen LogP contribution in [0.25, 0.3) is 0 Å². The van der Waals surface area contributed by atoms with Gasteiger partial charge in [0, 0.05) is 5.41 Å². The summed E-state index contributed by atoms with van der Waals surface area (Å²) in [5, 5.41) is 108. The highest BCUT2D eigenvalue weighted by Gasteiger charge is 2.70. The number of rotatable bonds is 9. The smallest absolute Gasteiger partial charge is 0.310 e. The molecule has 0 bridgehead atoms. The van der Waals surface area contributed by atoms with Gasteiger partial charge in [0.25, 0.3) is 0 Å². The van der Waals surface area contributed by atoms with Crippen molar-refractivity contribution < 1.29 is 84.3 Å². The van der Waals surface area contributed by atoms with Crippen LogP contribution in [0.4, 0.5) is 0 Å². The van der Waals surface area contributed by atoms with Gasteiger partial charge in [-0.15, -0.1) is 0 Å². The maximum Gasteiger partial charge on any atom is 0.310 e. The zero-order valence-electron chi connectivity index (χ0n) is 38.5. The summed E-state index contributed by atoms with van der Waals surface area (Å²) in [5.41, 5.74) is -0.704. The third-order valence-corrected chi connectivity index (χ3v) is 19.1. The maximum absolute atomic E-state index is 13.1. The molecule has 4 saturated carbocycles. The first-order valence-corrected chi connectivity index (χ1v) is 23.7. The van der Waals surface area contributed by atoms with Crippen molar-refractivity contribution in [3.63, 3.8) is 0 Å². The highest BCUT2D eigenvalue weighted by Crippen LogP contribution is 2.76. The number of aliphatic hydroxyl groups excluding tert-OH is 9. The van der Waals surface area contributed by atoms with Crippen LogP contribution in [-0.4, -0.2) is 169 Å². The molecular formula is C47H76O17. The molecule has 8 rings (SSSR count). The molecule has 0 unspecified atom stereocenters. The average molecular weight is 913 g/mol. The highest BCUT2D eigenvalue weighted by atomic mass is 16.8. The van der Waals surface area contributed by atoms with Crippen LogP contribution >= 0.6 is 0 Å². The van der Waals surface area contributed by atoms with E-state index in [-0.39, 0.29) is 52.6 Å². The zero-order chi connectivity index (χ0) is 46.7.